The second-order valence-electron chi connectivity index (χ2n) is 6.47. The van der Waals surface area contributed by atoms with Gasteiger partial charge >= 0.3 is 0 Å². The summed E-state index contributed by atoms with van der Waals surface area (Å²) in [7, 11) is 0. The molecule has 0 aliphatic rings. The SMILES string of the molecule is CC(C)(c1ccccc1)N(C(=S)S)C(C)(C)c1ccccc1. The fourth-order valence-electron chi connectivity index (χ4n) is 3.13. The molecular formula is C19H23NS2. The maximum Gasteiger partial charge on any atom is 0.134 e. The van der Waals surface area contributed by atoms with E-state index in [0.29, 0.717) is 4.32 Å². The topological polar surface area (TPSA) is 3.24 Å². The Balaban J connectivity index is 2.53. The van der Waals surface area contributed by atoms with Gasteiger partial charge in [0.15, 0.2) is 0 Å². The standard InChI is InChI=1S/C19H23NS2/c1-18(2,15-11-7-5-8-12-15)20(17(21)22)19(3,4)16-13-9-6-10-14-16/h5-14H,1-4H3,(H,21,22). The molecule has 0 spiro atoms. The van der Waals surface area contributed by atoms with Crippen LogP contribution >= 0.6 is 24.8 Å². The molecule has 3 heteroatoms. The molecule has 1 nitrogen and oxygen atoms in total. The van der Waals surface area contributed by atoms with Crippen LogP contribution in [0, 0.1) is 0 Å². The minimum absolute atomic E-state index is 0.264. The summed E-state index contributed by atoms with van der Waals surface area (Å²) in [5.41, 5.74) is 1.91. The highest BCUT2D eigenvalue weighted by atomic mass is 32.1. The molecule has 0 bridgehead atoms. The van der Waals surface area contributed by atoms with Crippen molar-refractivity contribution in [2.45, 2.75) is 38.8 Å². The van der Waals surface area contributed by atoms with Gasteiger partial charge in [0, 0.05) is 0 Å². The van der Waals surface area contributed by atoms with Crippen LogP contribution in [-0.2, 0) is 11.1 Å². The van der Waals surface area contributed by atoms with Gasteiger partial charge in [-0.25, -0.2) is 0 Å². The summed E-state index contributed by atoms with van der Waals surface area (Å²) in [6, 6.07) is 20.9. The van der Waals surface area contributed by atoms with E-state index < -0.39 is 0 Å². The van der Waals surface area contributed by atoms with Crippen molar-refractivity contribution in [2.75, 3.05) is 0 Å². The largest absolute Gasteiger partial charge is 0.339 e. The molecule has 0 amide bonds. The minimum Gasteiger partial charge on any atom is -0.339 e. The number of thiocarbonyl (C=S) groups is 1. The number of hydrogen-bond donors (Lipinski definition) is 1. The second kappa shape index (κ2) is 6.43. The van der Waals surface area contributed by atoms with Crippen molar-refractivity contribution in [3.63, 3.8) is 0 Å². The zero-order valence-corrected chi connectivity index (χ0v) is 15.3. The normalized spacial score (nSPS) is 12.0. The fourth-order valence-corrected chi connectivity index (χ4v) is 4.08. The van der Waals surface area contributed by atoms with Crippen LogP contribution in [0.2, 0.25) is 0 Å². The van der Waals surface area contributed by atoms with Crippen LogP contribution in [0.4, 0.5) is 0 Å². The Morgan fingerprint density at radius 3 is 1.36 bits per heavy atom. The third kappa shape index (κ3) is 3.21. The molecule has 0 aliphatic carbocycles. The van der Waals surface area contributed by atoms with Crippen LogP contribution in [0.1, 0.15) is 38.8 Å². The van der Waals surface area contributed by atoms with Crippen LogP contribution in [-0.4, -0.2) is 9.22 Å². The number of nitrogens with zero attached hydrogens (tertiary/aromatic N) is 1. The Bertz CT molecular complexity index is 581. The Kier molecular flexibility index (Phi) is 4.98. The van der Waals surface area contributed by atoms with E-state index in [9.17, 15) is 0 Å². The van der Waals surface area contributed by atoms with Gasteiger partial charge in [-0.15, -0.1) is 12.6 Å². The summed E-state index contributed by atoms with van der Waals surface area (Å²) >= 11 is 10.0. The first-order chi connectivity index (χ1) is 10.3. The third-order valence-electron chi connectivity index (χ3n) is 4.27. The van der Waals surface area contributed by atoms with Crippen molar-refractivity contribution >= 4 is 29.2 Å². The van der Waals surface area contributed by atoms with Gasteiger partial charge < -0.3 is 4.90 Å². The van der Waals surface area contributed by atoms with Crippen molar-refractivity contribution in [1.82, 2.24) is 4.90 Å². The first kappa shape index (κ1) is 17.0. The van der Waals surface area contributed by atoms with Crippen LogP contribution in [0.3, 0.4) is 0 Å². The summed E-state index contributed by atoms with van der Waals surface area (Å²) in [5, 5.41) is 0. The summed E-state index contributed by atoms with van der Waals surface area (Å²) < 4.78 is 0.600. The zero-order chi connectivity index (χ0) is 16.4. The van der Waals surface area contributed by atoms with E-state index in [2.05, 4.69) is 93.8 Å². The summed E-state index contributed by atoms with van der Waals surface area (Å²) in [6.45, 7) is 8.76. The lowest BCUT2D eigenvalue weighted by atomic mass is 9.84. The molecule has 0 atom stereocenters. The predicted octanol–water partition coefficient (Wildman–Crippen LogP) is 5.37. The quantitative estimate of drug-likeness (QED) is 0.593. The van der Waals surface area contributed by atoms with Crippen molar-refractivity contribution in [3.8, 4) is 0 Å². The lowest BCUT2D eigenvalue weighted by Gasteiger charge is -2.50. The smallest absolute Gasteiger partial charge is 0.134 e. The monoisotopic (exact) mass is 329 g/mol. The van der Waals surface area contributed by atoms with E-state index in [0.717, 1.165) is 0 Å². The van der Waals surface area contributed by atoms with E-state index >= 15 is 0 Å². The molecule has 0 saturated heterocycles. The summed E-state index contributed by atoms with van der Waals surface area (Å²) in [4.78, 5) is 2.21. The van der Waals surface area contributed by atoms with Crippen molar-refractivity contribution < 1.29 is 0 Å². The molecular weight excluding hydrogens is 306 g/mol. The highest BCUT2D eigenvalue weighted by Crippen LogP contribution is 2.40. The second-order valence-corrected chi connectivity index (χ2v) is 7.58. The molecule has 0 unspecified atom stereocenters. The van der Waals surface area contributed by atoms with Crippen LogP contribution in [0.25, 0.3) is 0 Å². The van der Waals surface area contributed by atoms with E-state index in [1.807, 2.05) is 12.1 Å². The molecule has 2 aromatic rings. The third-order valence-corrected chi connectivity index (χ3v) is 4.65. The Morgan fingerprint density at radius 1 is 0.773 bits per heavy atom. The molecule has 0 heterocycles. The van der Waals surface area contributed by atoms with Gasteiger partial charge in [0.2, 0.25) is 0 Å². The van der Waals surface area contributed by atoms with Crippen molar-refractivity contribution in [2.24, 2.45) is 0 Å². The predicted molar refractivity (Wildman–Crippen MR) is 102 cm³/mol. The molecule has 0 radical (unpaired) electrons. The van der Waals surface area contributed by atoms with Gasteiger partial charge in [0.1, 0.15) is 4.32 Å². The molecule has 0 N–H and O–H groups in total. The number of rotatable bonds is 4. The molecule has 2 rings (SSSR count). The lowest BCUT2D eigenvalue weighted by molar-refractivity contribution is 0.100. The first-order valence-corrected chi connectivity index (χ1v) is 8.28. The Hall–Kier alpha value is -1.32. The highest BCUT2D eigenvalue weighted by Gasteiger charge is 2.40. The average Bonchev–Trinajstić information content (AvgIpc) is 2.48. The van der Waals surface area contributed by atoms with E-state index in [4.69, 9.17) is 12.2 Å². The Morgan fingerprint density at radius 2 is 1.09 bits per heavy atom. The summed E-state index contributed by atoms with van der Waals surface area (Å²) in [6.07, 6.45) is 0. The maximum atomic E-state index is 5.50. The van der Waals surface area contributed by atoms with Gasteiger partial charge in [-0.1, -0.05) is 72.9 Å². The molecule has 0 aliphatic heterocycles. The fraction of sp³-hybridized carbons (Fsp3) is 0.316. The molecule has 2 aromatic carbocycles. The number of benzene rings is 2. The van der Waals surface area contributed by atoms with Gasteiger partial charge in [0.05, 0.1) is 11.1 Å². The van der Waals surface area contributed by atoms with Crippen LogP contribution in [0.15, 0.2) is 60.7 Å². The Labute approximate surface area is 144 Å². The summed E-state index contributed by atoms with van der Waals surface area (Å²) in [5.74, 6) is 0. The first-order valence-electron chi connectivity index (χ1n) is 7.42. The van der Waals surface area contributed by atoms with E-state index in [-0.39, 0.29) is 11.1 Å². The van der Waals surface area contributed by atoms with Gasteiger partial charge in [-0.2, -0.15) is 0 Å². The number of hydrogen-bond acceptors (Lipinski definition) is 1. The zero-order valence-electron chi connectivity index (χ0n) is 13.6. The molecule has 0 aromatic heterocycles. The van der Waals surface area contributed by atoms with Gasteiger partial charge in [-0.3, -0.25) is 0 Å². The van der Waals surface area contributed by atoms with E-state index in [1.54, 1.807) is 0 Å². The van der Waals surface area contributed by atoms with Gasteiger partial charge in [-0.05, 0) is 38.8 Å². The van der Waals surface area contributed by atoms with E-state index in [1.165, 1.54) is 11.1 Å². The average molecular weight is 330 g/mol. The van der Waals surface area contributed by atoms with Crippen molar-refractivity contribution in [1.29, 1.82) is 0 Å². The number of thiol groups is 1. The van der Waals surface area contributed by atoms with Crippen LogP contribution in [0.5, 0.6) is 0 Å². The molecule has 0 fully saturated rings. The minimum atomic E-state index is -0.264. The molecule has 0 saturated carbocycles. The van der Waals surface area contributed by atoms with Crippen LogP contribution < -0.4 is 0 Å². The highest BCUT2D eigenvalue weighted by molar-refractivity contribution is 8.10. The molecule has 22 heavy (non-hydrogen) atoms. The van der Waals surface area contributed by atoms with Crippen molar-refractivity contribution in [3.05, 3.63) is 71.8 Å². The van der Waals surface area contributed by atoms with Gasteiger partial charge in [0.25, 0.3) is 0 Å². The lowest BCUT2D eigenvalue weighted by Crippen LogP contribution is -2.53. The molecule has 116 valence electrons. The maximum absolute atomic E-state index is 5.50.